The minimum absolute atomic E-state index is 0.00126. The minimum Gasteiger partial charge on any atom is -0.390 e. The number of carbonyl (C=O) groups is 1. The first-order chi connectivity index (χ1) is 11.0. The summed E-state index contributed by atoms with van der Waals surface area (Å²) >= 11 is 0. The van der Waals surface area contributed by atoms with E-state index in [1.807, 2.05) is 6.92 Å². The monoisotopic (exact) mass is 327 g/mol. The van der Waals surface area contributed by atoms with Crippen LogP contribution in [0.1, 0.15) is 32.6 Å². The fourth-order valence-electron chi connectivity index (χ4n) is 3.85. The normalized spacial score (nSPS) is 43.1. The number of aliphatic hydroxyl groups excluding tert-OH is 3. The number of aliphatic hydroxyl groups is 3. The van der Waals surface area contributed by atoms with Crippen LogP contribution in [0.15, 0.2) is 11.6 Å². The summed E-state index contributed by atoms with van der Waals surface area (Å²) in [4.78, 5) is 12.4. The molecule has 0 radical (unpaired) electrons. The lowest BCUT2D eigenvalue weighted by molar-refractivity contribution is -0.198. The standard InChI is InChI=1S/C16H25NO6/c1-2-22-13-8-12(16(13)4-3-5-23-16)17-15(21)9-6-10(18)14(20)11(19)7-9/h6,10-14,18-20H,2-5,7-8H2,1H3,(H,17,21)/t10-,11-,12?,13?,14-,16?/m1/s1. The zero-order valence-electron chi connectivity index (χ0n) is 13.3. The number of hydrogen-bond donors (Lipinski definition) is 4. The quantitative estimate of drug-likeness (QED) is 0.541. The molecule has 23 heavy (non-hydrogen) atoms. The van der Waals surface area contributed by atoms with Crippen LogP contribution >= 0.6 is 0 Å². The summed E-state index contributed by atoms with van der Waals surface area (Å²) < 4.78 is 11.6. The van der Waals surface area contributed by atoms with Crippen molar-refractivity contribution in [3.05, 3.63) is 11.6 Å². The highest BCUT2D eigenvalue weighted by atomic mass is 16.6. The first-order valence-corrected chi connectivity index (χ1v) is 8.29. The van der Waals surface area contributed by atoms with Gasteiger partial charge in [-0.2, -0.15) is 0 Å². The van der Waals surface area contributed by atoms with Crippen LogP contribution in [0, 0.1) is 0 Å². The molecule has 0 aromatic heterocycles. The second-order valence-corrected chi connectivity index (χ2v) is 6.56. The van der Waals surface area contributed by atoms with Crippen molar-refractivity contribution in [2.45, 2.75) is 68.7 Å². The predicted molar refractivity (Wildman–Crippen MR) is 80.6 cm³/mol. The predicted octanol–water partition coefficient (Wildman–Crippen LogP) is -0.758. The Bertz CT molecular complexity index is 487. The van der Waals surface area contributed by atoms with Crippen molar-refractivity contribution < 1.29 is 29.6 Å². The Balaban J connectivity index is 1.65. The van der Waals surface area contributed by atoms with Gasteiger partial charge in [0.1, 0.15) is 17.8 Å². The van der Waals surface area contributed by atoms with Gasteiger partial charge in [-0.25, -0.2) is 0 Å². The first-order valence-electron chi connectivity index (χ1n) is 8.29. The van der Waals surface area contributed by atoms with E-state index < -0.39 is 23.9 Å². The van der Waals surface area contributed by atoms with Crippen LogP contribution in [0.5, 0.6) is 0 Å². The van der Waals surface area contributed by atoms with Gasteiger partial charge in [0.25, 0.3) is 0 Å². The van der Waals surface area contributed by atoms with Crippen LogP contribution in [-0.4, -0.2) is 70.5 Å². The Labute approximate surface area is 135 Å². The van der Waals surface area contributed by atoms with E-state index in [0.29, 0.717) is 25.2 Å². The Morgan fingerprint density at radius 3 is 2.87 bits per heavy atom. The summed E-state index contributed by atoms with van der Waals surface area (Å²) in [5.41, 5.74) is -0.152. The lowest BCUT2D eigenvalue weighted by atomic mass is 9.69. The largest absolute Gasteiger partial charge is 0.390 e. The SMILES string of the molecule is CCOC1CC(NC(=O)C2=C[C@@H](O)[C@@H](O)[C@H](O)C2)C12CCCO2. The Morgan fingerprint density at radius 2 is 2.26 bits per heavy atom. The molecular formula is C16H25NO6. The van der Waals surface area contributed by atoms with Crippen LogP contribution in [0.4, 0.5) is 0 Å². The molecule has 2 fully saturated rings. The molecule has 1 saturated carbocycles. The molecule has 130 valence electrons. The maximum absolute atomic E-state index is 12.4. The highest BCUT2D eigenvalue weighted by molar-refractivity contribution is 5.94. The van der Waals surface area contributed by atoms with Crippen molar-refractivity contribution in [2.24, 2.45) is 0 Å². The first kappa shape index (κ1) is 16.9. The van der Waals surface area contributed by atoms with Gasteiger partial charge in [-0.3, -0.25) is 4.79 Å². The van der Waals surface area contributed by atoms with Crippen LogP contribution in [-0.2, 0) is 14.3 Å². The van der Waals surface area contributed by atoms with Crippen molar-refractivity contribution in [3.8, 4) is 0 Å². The average molecular weight is 327 g/mol. The molecule has 1 spiro atoms. The number of nitrogens with one attached hydrogen (secondary N) is 1. The number of hydrogen-bond acceptors (Lipinski definition) is 6. The van der Waals surface area contributed by atoms with Gasteiger partial charge < -0.3 is 30.1 Å². The summed E-state index contributed by atoms with van der Waals surface area (Å²) in [6.07, 6.45) is 0.223. The molecule has 1 saturated heterocycles. The Kier molecular flexibility index (Phi) is 4.75. The number of carbonyl (C=O) groups excluding carboxylic acids is 1. The van der Waals surface area contributed by atoms with Gasteiger partial charge in [-0.15, -0.1) is 0 Å². The Morgan fingerprint density at radius 1 is 1.48 bits per heavy atom. The third kappa shape index (κ3) is 2.92. The van der Waals surface area contributed by atoms with Crippen molar-refractivity contribution in [1.29, 1.82) is 0 Å². The molecule has 7 heteroatoms. The fraction of sp³-hybridized carbons (Fsp3) is 0.812. The molecule has 7 nitrogen and oxygen atoms in total. The van der Waals surface area contributed by atoms with Crippen molar-refractivity contribution >= 4 is 5.91 Å². The van der Waals surface area contributed by atoms with E-state index in [-0.39, 0.29) is 24.5 Å². The molecule has 0 aromatic rings. The van der Waals surface area contributed by atoms with E-state index in [4.69, 9.17) is 9.47 Å². The second kappa shape index (κ2) is 6.49. The summed E-state index contributed by atoms with van der Waals surface area (Å²) in [6.45, 7) is 3.22. The van der Waals surface area contributed by atoms with Gasteiger partial charge in [0, 0.05) is 25.2 Å². The second-order valence-electron chi connectivity index (χ2n) is 6.56. The third-order valence-electron chi connectivity index (χ3n) is 5.18. The molecule has 6 atom stereocenters. The van der Waals surface area contributed by atoms with Crippen LogP contribution in [0.3, 0.4) is 0 Å². The van der Waals surface area contributed by atoms with Gasteiger partial charge >= 0.3 is 0 Å². The third-order valence-corrected chi connectivity index (χ3v) is 5.18. The molecule has 1 amide bonds. The summed E-state index contributed by atoms with van der Waals surface area (Å²) in [5.74, 6) is -0.329. The van der Waals surface area contributed by atoms with E-state index in [1.54, 1.807) is 0 Å². The van der Waals surface area contributed by atoms with Crippen LogP contribution < -0.4 is 5.32 Å². The van der Waals surface area contributed by atoms with Gasteiger partial charge in [0.15, 0.2) is 0 Å². The molecule has 1 aliphatic heterocycles. The van der Waals surface area contributed by atoms with Gasteiger partial charge in [0.05, 0.1) is 18.2 Å². The summed E-state index contributed by atoms with van der Waals surface area (Å²) in [5, 5.41) is 31.9. The topological polar surface area (TPSA) is 108 Å². The average Bonchev–Trinajstić information content (AvgIpc) is 3.03. The van der Waals surface area contributed by atoms with E-state index >= 15 is 0 Å². The molecule has 2 aliphatic carbocycles. The minimum atomic E-state index is -1.25. The van der Waals surface area contributed by atoms with Crippen LogP contribution in [0.2, 0.25) is 0 Å². The molecule has 0 aromatic carbocycles. The fourth-order valence-corrected chi connectivity index (χ4v) is 3.85. The van der Waals surface area contributed by atoms with Gasteiger partial charge in [-0.1, -0.05) is 0 Å². The Hall–Kier alpha value is -0.990. The summed E-state index contributed by atoms with van der Waals surface area (Å²) in [7, 11) is 0. The lowest BCUT2D eigenvalue weighted by Crippen LogP contribution is -2.69. The highest BCUT2D eigenvalue weighted by Crippen LogP contribution is 2.45. The van der Waals surface area contributed by atoms with E-state index in [0.717, 1.165) is 12.8 Å². The van der Waals surface area contributed by atoms with Crippen molar-refractivity contribution in [1.82, 2.24) is 5.32 Å². The number of amides is 1. The van der Waals surface area contributed by atoms with Crippen molar-refractivity contribution in [2.75, 3.05) is 13.2 Å². The molecule has 3 aliphatic rings. The summed E-state index contributed by atoms with van der Waals surface area (Å²) in [6, 6.07) is -0.129. The molecule has 3 rings (SSSR count). The van der Waals surface area contributed by atoms with Gasteiger partial charge in [-0.05, 0) is 32.3 Å². The lowest BCUT2D eigenvalue weighted by Gasteiger charge is -2.52. The molecule has 1 heterocycles. The van der Waals surface area contributed by atoms with E-state index in [1.165, 1.54) is 6.08 Å². The van der Waals surface area contributed by atoms with Gasteiger partial charge in [0.2, 0.25) is 5.91 Å². The van der Waals surface area contributed by atoms with E-state index in [2.05, 4.69) is 5.32 Å². The number of ether oxygens (including phenoxy) is 2. The molecular weight excluding hydrogens is 302 g/mol. The maximum atomic E-state index is 12.4. The zero-order chi connectivity index (χ0) is 16.6. The molecule has 4 N–H and O–H groups in total. The van der Waals surface area contributed by atoms with Crippen LogP contribution in [0.25, 0.3) is 0 Å². The van der Waals surface area contributed by atoms with E-state index in [9.17, 15) is 20.1 Å². The molecule has 3 unspecified atom stereocenters. The smallest absolute Gasteiger partial charge is 0.247 e. The van der Waals surface area contributed by atoms with Crippen molar-refractivity contribution in [3.63, 3.8) is 0 Å². The zero-order valence-corrected chi connectivity index (χ0v) is 13.3. The number of rotatable bonds is 4. The highest BCUT2D eigenvalue weighted by Gasteiger charge is 2.59. The molecule has 0 bridgehead atoms. The maximum Gasteiger partial charge on any atom is 0.247 e.